The Hall–Kier alpha value is -1.35. The summed E-state index contributed by atoms with van der Waals surface area (Å²) >= 11 is 0. The number of rotatable bonds is 5. The van der Waals surface area contributed by atoms with E-state index in [-0.39, 0.29) is 18.1 Å². The van der Waals surface area contributed by atoms with Gasteiger partial charge in [0.2, 0.25) is 0 Å². The van der Waals surface area contributed by atoms with Gasteiger partial charge in [-0.3, -0.25) is 4.79 Å². The molecule has 0 radical (unpaired) electrons. The summed E-state index contributed by atoms with van der Waals surface area (Å²) in [5, 5.41) is 3.28. The zero-order chi connectivity index (χ0) is 14.5. The van der Waals surface area contributed by atoms with E-state index in [0.29, 0.717) is 0 Å². The van der Waals surface area contributed by atoms with Crippen LogP contribution in [0.3, 0.4) is 0 Å². The minimum absolute atomic E-state index is 0.201. The Morgan fingerprint density at radius 2 is 1.79 bits per heavy atom. The van der Waals surface area contributed by atoms with Gasteiger partial charge in [0, 0.05) is 6.04 Å². The number of carbonyl (C=O) groups excluding carboxylic acids is 1. The van der Waals surface area contributed by atoms with Gasteiger partial charge in [-0.05, 0) is 46.6 Å². The van der Waals surface area contributed by atoms with Gasteiger partial charge in [0.25, 0.3) is 0 Å². The molecule has 0 heterocycles. The Labute approximate surface area is 116 Å². The topological polar surface area (TPSA) is 38.3 Å². The van der Waals surface area contributed by atoms with Crippen molar-refractivity contribution < 1.29 is 9.53 Å². The van der Waals surface area contributed by atoms with Crippen molar-refractivity contribution in [3.63, 3.8) is 0 Å². The van der Waals surface area contributed by atoms with E-state index in [0.717, 1.165) is 6.42 Å². The molecular formula is C16H25NO2. The molecule has 0 amide bonds. The first-order valence-electron chi connectivity index (χ1n) is 6.81. The highest BCUT2D eigenvalue weighted by atomic mass is 16.6. The highest BCUT2D eigenvalue weighted by molar-refractivity contribution is 5.75. The molecule has 0 spiro atoms. The lowest BCUT2D eigenvalue weighted by Gasteiger charge is -2.24. The molecular weight excluding hydrogens is 238 g/mol. The standard InChI is InChI=1S/C16H25NO2/c1-12(11-14-9-7-6-8-10-14)17-13(2)15(18)19-16(3,4)5/h6-10,12-13,17H,11H2,1-5H3. The maximum atomic E-state index is 11.9. The third-order valence-corrected chi connectivity index (χ3v) is 2.68. The second-order valence-corrected chi connectivity index (χ2v) is 6.01. The lowest BCUT2D eigenvalue weighted by atomic mass is 10.1. The van der Waals surface area contributed by atoms with Gasteiger partial charge in [0.15, 0.2) is 0 Å². The molecule has 1 rings (SSSR count). The fourth-order valence-corrected chi connectivity index (χ4v) is 1.91. The van der Waals surface area contributed by atoms with Crippen molar-refractivity contribution in [3.8, 4) is 0 Å². The average molecular weight is 263 g/mol. The minimum Gasteiger partial charge on any atom is -0.459 e. The summed E-state index contributed by atoms with van der Waals surface area (Å²) in [6.07, 6.45) is 0.897. The molecule has 0 bridgehead atoms. The number of esters is 1. The Bertz CT molecular complexity index is 395. The van der Waals surface area contributed by atoms with Crippen LogP contribution in [0.1, 0.15) is 40.2 Å². The summed E-state index contributed by atoms with van der Waals surface area (Å²) < 4.78 is 5.35. The molecule has 1 aromatic carbocycles. The van der Waals surface area contributed by atoms with Crippen molar-refractivity contribution in [1.82, 2.24) is 5.32 Å². The average Bonchev–Trinajstić information content (AvgIpc) is 2.27. The van der Waals surface area contributed by atoms with Crippen molar-refractivity contribution in [2.45, 2.75) is 58.7 Å². The lowest BCUT2D eigenvalue weighted by Crippen LogP contribution is -2.43. The summed E-state index contributed by atoms with van der Waals surface area (Å²) in [5.74, 6) is -0.201. The second kappa shape index (κ2) is 6.71. The van der Waals surface area contributed by atoms with Crippen molar-refractivity contribution in [2.75, 3.05) is 0 Å². The number of hydrogen-bond donors (Lipinski definition) is 1. The third kappa shape index (κ3) is 6.39. The zero-order valence-corrected chi connectivity index (χ0v) is 12.6. The van der Waals surface area contributed by atoms with E-state index >= 15 is 0 Å². The van der Waals surface area contributed by atoms with Crippen LogP contribution in [-0.4, -0.2) is 23.7 Å². The molecule has 19 heavy (non-hydrogen) atoms. The molecule has 0 aliphatic carbocycles. The molecule has 106 valence electrons. The normalized spacial score (nSPS) is 14.8. The number of hydrogen-bond acceptors (Lipinski definition) is 3. The summed E-state index contributed by atoms with van der Waals surface area (Å²) in [6.45, 7) is 9.56. The molecule has 0 aliphatic rings. The fraction of sp³-hybridized carbons (Fsp3) is 0.562. The Morgan fingerprint density at radius 1 is 1.21 bits per heavy atom. The van der Waals surface area contributed by atoms with E-state index in [9.17, 15) is 4.79 Å². The lowest BCUT2D eigenvalue weighted by molar-refractivity contribution is -0.157. The van der Waals surface area contributed by atoms with E-state index in [4.69, 9.17) is 4.74 Å². The molecule has 0 aliphatic heterocycles. The van der Waals surface area contributed by atoms with Crippen LogP contribution in [0.4, 0.5) is 0 Å². The Morgan fingerprint density at radius 3 is 2.32 bits per heavy atom. The second-order valence-electron chi connectivity index (χ2n) is 6.01. The highest BCUT2D eigenvalue weighted by Gasteiger charge is 2.22. The smallest absolute Gasteiger partial charge is 0.323 e. The third-order valence-electron chi connectivity index (χ3n) is 2.68. The van der Waals surface area contributed by atoms with Crippen LogP contribution in [0.5, 0.6) is 0 Å². The van der Waals surface area contributed by atoms with E-state index in [1.54, 1.807) is 0 Å². The van der Waals surface area contributed by atoms with Gasteiger partial charge in [-0.15, -0.1) is 0 Å². The molecule has 3 nitrogen and oxygen atoms in total. The maximum absolute atomic E-state index is 11.9. The minimum atomic E-state index is -0.435. The molecule has 2 unspecified atom stereocenters. The monoisotopic (exact) mass is 263 g/mol. The SMILES string of the molecule is CC(Cc1ccccc1)NC(C)C(=O)OC(C)(C)C. The number of benzene rings is 1. The van der Waals surface area contributed by atoms with E-state index < -0.39 is 5.60 Å². The quantitative estimate of drug-likeness (QED) is 0.830. The van der Waals surface area contributed by atoms with Crippen LogP contribution in [0.25, 0.3) is 0 Å². The molecule has 0 saturated carbocycles. The molecule has 1 N–H and O–H groups in total. The van der Waals surface area contributed by atoms with Gasteiger partial charge in [-0.25, -0.2) is 0 Å². The summed E-state index contributed by atoms with van der Waals surface area (Å²) in [5.41, 5.74) is 0.828. The summed E-state index contributed by atoms with van der Waals surface area (Å²) in [4.78, 5) is 11.9. The van der Waals surface area contributed by atoms with Crippen LogP contribution in [0, 0.1) is 0 Å². The van der Waals surface area contributed by atoms with Gasteiger partial charge >= 0.3 is 5.97 Å². The van der Waals surface area contributed by atoms with Gasteiger partial charge < -0.3 is 10.1 Å². The van der Waals surface area contributed by atoms with E-state index in [1.807, 2.05) is 45.9 Å². The largest absolute Gasteiger partial charge is 0.459 e. The van der Waals surface area contributed by atoms with Gasteiger partial charge in [0.05, 0.1) is 0 Å². The van der Waals surface area contributed by atoms with Crippen molar-refractivity contribution in [2.24, 2.45) is 0 Å². The first-order chi connectivity index (χ1) is 8.78. The number of carbonyl (C=O) groups is 1. The van der Waals surface area contributed by atoms with Gasteiger partial charge in [-0.2, -0.15) is 0 Å². The molecule has 0 aromatic heterocycles. The van der Waals surface area contributed by atoms with Crippen molar-refractivity contribution >= 4 is 5.97 Å². The number of nitrogens with one attached hydrogen (secondary N) is 1. The van der Waals surface area contributed by atoms with E-state index in [1.165, 1.54) is 5.56 Å². The zero-order valence-electron chi connectivity index (χ0n) is 12.6. The highest BCUT2D eigenvalue weighted by Crippen LogP contribution is 2.09. The van der Waals surface area contributed by atoms with Crippen LogP contribution >= 0.6 is 0 Å². The van der Waals surface area contributed by atoms with E-state index in [2.05, 4.69) is 24.4 Å². The predicted octanol–water partition coefficient (Wildman–Crippen LogP) is 2.94. The van der Waals surface area contributed by atoms with Crippen LogP contribution in [-0.2, 0) is 16.0 Å². The molecule has 3 heteroatoms. The molecule has 1 aromatic rings. The Balaban J connectivity index is 2.44. The molecule has 0 saturated heterocycles. The predicted molar refractivity (Wildman–Crippen MR) is 78.1 cm³/mol. The first kappa shape index (κ1) is 15.7. The van der Waals surface area contributed by atoms with Crippen LogP contribution in [0.2, 0.25) is 0 Å². The summed E-state index contributed by atoms with van der Waals surface area (Å²) in [6, 6.07) is 10.2. The first-order valence-corrected chi connectivity index (χ1v) is 6.81. The molecule has 2 atom stereocenters. The van der Waals surface area contributed by atoms with Gasteiger partial charge in [0.1, 0.15) is 11.6 Å². The van der Waals surface area contributed by atoms with Crippen molar-refractivity contribution in [3.05, 3.63) is 35.9 Å². The fourth-order valence-electron chi connectivity index (χ4n) is 1.91. The van der Waals surface area contributed by atoms with Crippen LogP contribution in [0.15, 0.2) is 30.3 Å². The van der Waals surface area contributed by atoms with Crippen LogP contribution < -0.4 is 5.32 Å². The van der Waals surface area contributed by atoms with Gasteiger partial charge in [-0.1, -0.05) is 30.3 Å². The number of ether oxygens (including phenoxy) is 1. The maximum Gasteiger partial charge on any atom is 0.323 e. The summed E-state index contributed by atoms with van der Waals surface area (Å²) in [7, 11) is 0. The Kier molecular flexibility index (Phi) is 5.55. The van der Waals surface area contributed by atoms with Crippen molar-refractivity contribution in [1.29, 1.82) is 0 Å². The molecule has 0 fully saturated rings.